The molecule has 0 saturated carbocycles. The highest BCUT2D eigenvalue weighted by Gasteiger charge is 2.40. The second-order valence-corrected chi connectivity index (χ2v) is 7.69. The van der Waals surface area contributed by atoms with Crippen molar-refractivity contribution in [1.82, 2.24) is 0 Å². The molecular weight excluding hydrogens is 442 g/mol. The number of rotatable bonds is 6. The average Bonchev–Trinajstić information content (AvgIpc) is 2.80. The van der Waals surface area contributed by atoms with E-state index in [2.05, 4.69) is 6.58 Å². The molecule has 172 valence electrons. The molecule has 0 radical (unpaired) electrons. The number of hydrogen-bond acceptors (Lipinski definition) is 1. The van der Waals surface area contributed by atoms with Crippen molar-refractivity contribution in [2.75, 3.05) is 6.61 Å². The van der Waals surface area contributed by atoms with Crippen LogP contribution < -0.4 is 4.74 Å². The molecule has 0 aliphatic heterocycles. The summed E-state index contributed by atoms with van der Waals surface area (Å²) in [6.45, 7) is 5.27. The number of benzene rings is 3. The monoisotopic (exact) mass is 462 g/mol. The van der Waals surface area contributed by atoms with Crippen LogP contribution in [0.4, 0.5) is 26.3 Å². The summed E-state index contributed by atoms with van der Waals surface area (Å²) in [6, 6.07) is 7.52. The third-order valence-corrected chi connectivity index (χ3v) is 5.79. The molecule has 3 aromatic carbocycles. The molecule has 1 nitrogen and oxygen atoms in total. The van der Waals surface area contributed by atoms with Crippen LogP contribution in [-0.2, 0) is 6.42 Å². The summed E-state index contributed by atoms with van der Waals surface area (Å²) < 4.78 is 94.7. The lowest BCUT2D eigenvalue weighted by molar-refractivity contribution is 0.159. The van der Waals surface area contributed by atoms with Crippen molar-refractivity contribution >= 4 is 0 Å². The Morgan fingerprint density at radius 1 is 0.758 bits per heavy atom. The fourth-order valence-electron chi connectivity index (χ4n) is 4.19. The Morgan fingerprint density at radius 3 is 1.94 bits per heavy atom. The van der Waals surface area contributed by atoms with Gasteiger partial charge in [0.05, 0.1) is 6.61 Å². The molecule has 0 bridgehead atoms. The minimum atomic E-state index is -2.54. The third-order valence-electron chi connectivity index (χ3n) is 5.79. The Bertz CT molecular complexity index is 1240. The largest absolute Gasteiger partial charge is 0.491 e. The van der Waals surface area contributed by atoms with Crippen LogP contribution in [0.5, 0.6) is 5.75 Å². The zero-order valence-corrected chi connectivity index (χ0v) is 17.7. The van der Waals surface area contributed by atoms with E-state index in [1.807, 2.05) is 0 Å². The van der Waals surface area contributed by atoms with Crippen molar-refractivity contribution < 1.29 is 31.1 Å². The van der Waals surface area contributed by atoms with Crippen LogP contribution in [0.3, 0.4) is 0 Å². The summed E-state index contributed by atoms with van der Waals surface area (Å²) in [6.07, 6.45) is -2.85. The molecule has 0 amide bonds. The van der Waals surface area contributed by atoms with E-state index in [0.29, 0.717) is 6.42 Å². The second-order valence-electron chi connectivity index (χ2n) is 7.69. The van der Waals surface area contributed by atoms with E-state index in [1.165, 1.54) is 30.3 Å². The van der Waals surface area contributed by atoms with Gasteiger partial charge in [-0.25, -0.2) is 26.3 Å². The van der Waals surface area contributed by atoms with Crippen molar-refractivity contribution in [2.24, 2.45) is 0 Å². The van der Waals surface area contributed by atoms with Crippen LogP contribution in [0.1, 0.15) is 42.4 Å². The summed E-state index contributed by atoms with van der Waals surface area (Å²) in [5.41, 5.74) is -2.03. The Morgan fingerprint density at radius 2 is 1.30 bits per heavy atom. The van der Waals surface area contributed by atoms with Gasteiger partial charge in [0.15, 0.2) is 35.5 Å². The zero-order valence-electron chi connectivity index (χ0n) is 17.7. The molecular formula is C26H20F6O. The quantitative estimate of drug-likeness (QED) is 0.265. The molecule has 0 heterocycles. The summed E-state index contributed by atoms with van der Waals surface area (Å²) in [7, 11) is 0. The SMILES string of the molecule is C=CCCc1ccc(-c2ccc3c(c2F)C(F)C(F)c2c-3ccc(OCC)c2F)c(F)c1F. The molecule has 1 aliphatic rings. The average molecular weight is 462 g/mol. The number of allylic oxidation sites excluding steroid dienone is 1. The maximum Gasteiger partial charge on any atom is 0.171 e. The number of aryl methyl sites for hydroxylation is 1. The number of hydrogen-bond donors (Lipinski definition) is 0. The summed E-state index contributed by atoms with van der Waals surface area (Å²) in [5.74, 6) is -4.93. The zero-order chi connectivity index (χ0) is 23.9. The van der Waals surface area contributed by atoms with Crippen LogP contribution in [-0.4, -0.2) is 6.61 Å². The van der Waals surface area contributed by atoms with Gasteiger partial charge in [-0.15, -0.1) is 6.58 Å². The maximum absolute atomic E-state index is 15.4. The van der Waals surface area contributed by atoms with Crippen molar-refractivity contribution in [3.8, 4) is 28.0 Å². The Kier molecular flexibility index (Phi) is 6.23. The van der Waals surface area contributed by atoms with Gasteiger partial charge in [0.1, 0.15) is 5.82 Å². The van der Waals surface area contributed by atoms with Crippen LogP contribution in [0.25, 0.3) is 22.3 Å². The predicted octanol–water partition coefficient (Wildman–Crippen LogP) is 8.13. The van der Waals surface area contributed by atoms with Gasteiger partial charge in [0, 0.05) is 22.3 Å². The molecule has 0 fully saturated rings. The van der Waals surface area contributed by atoms with Gasteiger partial charge in [-0.2, -0.15) is 0 Å². The van der Waals surface area contributed by atoms with E-state index in [0.717, 1.165) is 6.07 Å². The third kappa shape index (κ3) is 3.69. The molecule has 0 spiro atoms. The number of halogens is 6. The standard InChI is InChI=1S/C26H20F6O/c1-3-5-6-13-7-8-17(23(29)21(13)27)16-10-9-14-15-11-12-18(33-4-2)24(30)20(15)26(32)25(31)19(14)22(16)28/h3,7-12,25-26H,1,4-6H2,2H3. The van der Waals surface area contributed by atoms with Gasteiger partial charge in [-0.3, -0.25) is 0 Å². The van der Waals surface area contributed by atoms with E-state index in [4.69, 9.17) is 4.74 Å². The molecule has 7 heteroatoms. The summed E-state index contributed by atoms with van der Waals surface area (Å²) in [5, 5.41) is 0. The van der Waals surface area contributed by atoms with E-state index in [9.17, 15) is 17.6 Å². The molecule has 2 unspecified atom stereocenters. The molecule has 3 aromatic rings. The van der Waals surface area contributed by atoms with Gasteiger partial charge in [0.25, 0.3) is 0 Å². The van der Waals surface area contributed by atoms with Crippen molar-refractivity contribution in [1.29, 1.82) is 0 Å². The van der Waals surface area contributed by atoms with Gasteiger partial charge in [-0.1, -0.05) is 36.4 Å². The van der Waals surface area contributed by atoms with E-state index in [1.54, 1.807) is 13.0 Å². The molecule has 1 aliphatic carbocycles. The lowest BCUT2D eigenvalue weighted by Crippen LogP contribution is -2.16. The molecule has 0 saturated heterocycles. The normalized spacial score (nSPS) is 16.8. The Labute approximate surface area is 187 Å². The van der Waals surface area contributed by atoms with E-state index >= 15 is 8.78 Å². The first-order valence-electron chi connectivity index (χ1n) is 10.5. The summed E-state index contributed by atoms with van der Waals surface area (Å²) >= 11 is 0. The first kappa shape index (κ1) is 23.0. The van der Waals surface area contributed by atoms with Crippen LogP contribution in [0.15, 0.2) is 49.1 Å². The first-order chi connectivity index (χ1) is 15.8. The molecule has 4 rings (SSSR count). The van der Waals surface area contributed by atoms with Crippen LogP contribution >= 0.6 is 0 Å². The fraction of sp³-hybridized carbons (Fsp3) is 0.231. The van der Waals surface area contributed by atoms with Crippen molar-refractivity contribution in [3.05, 3.63) is 89.0 Å². The summed E-state index contributed by atoms with van der Waals surface area (Å²) in [4.78, 5) is 0. The Hall–Kier alpha value is -3.22. The van der Waals surface area contributed by atoms with Crippen molar-refractivity contribution in [3.63, 3.8) is 0 Å². The molecule has 0 aromatic heterocycles. The predicted molar refractivity (Wildman–Crippen MR) is 115 cm³/mol. The highest BCUT2D eigenvalue weighted by atomic mass is 19.2. The van der Waals surface area contributed by atoms with Gasteiger partial charge < -0.3 is 4.74 Å². The second kappa shape index (κ2) is 8.96. The van der Waals surface area contributed by atoms with Crippen LogP contribution in [0.2, 0.25) is 0 Å². The van der Waals surface area contributed by atoms with Crippen LogP contribution in [0, 0.1) is 23.3 Å². The number of ether oxygens (including phenoxy) is 1. The van der Waals surface area contributed by atoms with Gasteiger partial charge in [-0.05, 0) is 42.5 Å². The van der Waals surface area contributed by atoms with Crippen molar-refractivity contribution in [2.45, 2.75) is 32.1 Å². The highest BCUT2D eigenvalue weighted by Crippen LogP contribution is 2.52. The first-order valence-corrected chi connectivity index (χ1v) is 10.5. The fourth-order valence-corrected chi connectivity index (χ4v) is 4.19. The molecule has 2 atom stereocenters. The van der Waals surface area contributed by atoms with E-state index < -0.39 is 57.9 Å². The maximum atomic E-state index is 15.4. The minimum absolute atomic E-state index is 0.0239. The lowest BCUT2D eigenvalue weighted by atomic mass is 9.81. The lowest BCUT2D eigenvalue weighted by Gasteiger charge is -2.28. The number of alkyl halides is 2. The number of fused-ring (bicyclic) bond motifs is 3. The Balaban J connectivity index is 1.87. The minimum Gasteiger partial charge on any atom is -0.491 e. The highest BCUT2D eigenvalue weighted by molar-refractivity contribution is 5.80. The topological polar surface area (TPSA) is 9.23 Å². The van der Waals surface area contributed by atoms with Gasteiger partial charge >= 0.3 is 0 Å². The van der Waals surface area contributed by atoms with E-state index in [-0.39, 0.29) is 35.5 Å². The van der Waals surface area contributed by atoms with Gasteiger partial charge in [0.2, 0.25) is 0 Å². The molecule has 0 N–H and O–H groups in total. The smallest absolute Gasteiger partial charge is 0.171 e. The molecule has 33 heavy (non-hydrogen) atoms.